The maximum absolute atomic E-state index is 13.3. The van der Waals surface area contributed by atoms with E-state index in [9.17, 15) is 55.9 Å². The fourth-order valence-electron chi connectivity index (χ4n) is 4.88. The molecule has 0 unspecified atom stereocenters. The van der Waals surface area contributed by atoms with Crippen molar-refractivity contribution < 1.29 is 65.0 Å². The Labute approximate surface area is 218 Å². The second-order valence-electron chi connectivity index (χ2n) is 9.51. The molecular formula is C25H26O14. The Hall–Kier alpha value is -3.47. The van der Waals surface area contributed by atoms with Crippen LogP contribution in [0, 0.1) is 0 Å². The van der Waals surface area contributed by atoms with Gasteiger partial charge in [0.05, 0.1) is 24.3 Å². The van der Waals surface area contributed by atoms with E-state index in [0.717, 1.165) is 18.2 Å². The van der Waals surface area contributed by atoms with Crippen LogP contribution < -0.4 is 5.43 Å². The van der Waals surface area contributed by atoms with Crippen molar-refractivity contribution >= 4 is 11.0 Å². The lowest BCUT2D eigenvalue weighted by Crippen LogP contribution is -2.49. The number of aliphatic hydroxyl groups excluding tert-OH is 6. The minimum absolute atomic E-state index is 0.0991. The predicted octanol–water partition coefficient (Wildman–Crippen LogP) is -1.41. The van der Waals surface area contributed by atoms with Crippen molar-refractivity contribution in [3.8, 4) is 34.3 Å². The zero-order valence-corrected chi connectivity index (χ0v) is 19.9. The third-order valence-corrected chi connectivity index (χ3v) is 7.03. The molecule has 1 aromatic heterocycles. The first-order chi connectivity index (χ1) is 18.4. The molecule has 2 aromatic carbocycles. The average Bonchev–Trinajstić information content (AvgIpc) is 2.89. The normalized spacial score (nSPS) is 31.4. The van der Waals surface area contributed by atoms with Crippen molar-refractivity contribution in [3.05, 3.63) is 45.6 Å². The van der Waals surface area contributed by atoms with Crippen molar-refractivity contribution in [3.63, 3.8) is 0 Å². The summed E-state index contributed by atoms with van der Waals surface area (Å²) in [4.78, 5) is 13.3. The van der Waals surface area contributed by atoms with Gasteiger partial charge in [0.2, 0.25) is 0 Å². The average molecular weight is 550 g/mol. The van der Waals surface area contributed by atoms with Gasteiger partial charge >= 0.3 is 0 Å². The van der Waals surface area contributed by atoms with E-state index in [1.807, 2.05) is 0 Å². The van der Waals surface area contributed by atoms with Crippen LogP contribution >= 0.6 is 0 Å². The second kappa shape index (κ2) is 9.93. The molecule has 5 rings (SSSR count). The second-order valence-corrected chi connectivity index (χ2v) is 9.51. The Morgan fingerprint density at radius 3 is 1.79 bits per heavy atom. The number of ether oxygens (including phenoxy) is 2. The van der Waals surface area contributed by atoms with E-state index in [4.69, 9.17) is 13.9 Å². The number of hydrogen-bond donors (Lipinski definition) is 10. The Kier molecular flexibility index (Phi) is 6.90. The van der Waals surface area contributed by atoms with Gasteiger partial charge in [0.1, 0.15) is 71.5 Å². The molecule has 0 radical (unpaired) electrons. The van der Waals surface area contributed by atoms with Gasteiger partial charge in [-0.15, -0.1) is 0 Å². The van der Waals surface area contributed by atoms with Crippen LogP contribution in [0.4, 0.5) is 0 Å². The summed E-state index contributed by atoms with van der Waals surface area (Å²) >= 11 is 0. The van der Waals surface area contributed by atoms with Crippen LogP contribution in [0.1, 0.15) is 23.3 Å². The van der Waals surface area contributed by atoms with E-state index >= 15 is 0 Å². The van der Waals surface area contributed by atoms with Crippen molar-refractivity contribution in [1.29, 1.82) is 0 Å². The van der Waals surface area contributed by atoms with Crippen molar-refractivity contribution in [2.75, 3.05) is 13.2 Å². The van der Waals surface area contributed by atoms with Gasteiger partial charge in [-0.05, 0) is 18.2 Å². The van der Waals surface area contributed by atoms with Gasteiger partial charge in [-0.25, -0.2) is 0 Å². The maximum Gasteiger partial charge on any atom is 0.197 e. The number of aromatic hydroxyl groups is 4. The fraction of sp³-hybridized carbons (Fsp3) is 0.400. The summed E-state index contributed by atoms with van der Waals surface area (Å²) in [6.45, 7) is -1.02. The molecule has 0 aliphatic carbocycles. The van der Waals surface area contributed by atoms with Crippen LogP contribution in [0.3, 0.4) is 0 Å². The molecule has 0 saturated carbocycles. The highest BCUT2D eigenvalue weighted by atomic mass is 16.5. The molecular weight excluding hydrogens is 524 g/mol. The molecule has 2 fully saturated rings. The summed E-state index contributed by atoms with van der Waals surface area (Å²) < 4.78 is 16.7. The van der Waals surface area contributed by atoms with Crippen LogP contribution in [-0.4, -0.2) is 101 Å². The lowest BCUT2D eigenvalue weighted by molar-refractivity contribution is -0.191. The number of phenols is 4. The van der Waals surface area contributed by atoms with Crippen LogP contribution in [0.15, 0.2) is 33.5 Å². The van der Waals surface area contributed by atoms with E-state index in [2.05, 4.69) is 0 Å². The number of fused-ring (bicyclic) bond motifs is 1. The van der Waals surface area contributed by atoms with E-state index in [0.29, 0.717) is 0 Å². The topological polar surface area (TPSA) is 251 Å². The minimum Gasteiger partial charge on any atom is -0.507 e. The van der Waals surface area contributed by atoms with Crippen molar-refractivity contribution in [2.24, 2.45) is 0 Å². The molecule has 0 bridgehead atoms. The fourth-order valence-corrected chi connectivity index (χ4v) is 4.88. The largest absolute Gasteiger partial charge is 0.507 e. The minimum atomic E-state index is -1.88. The molecule has 2 aliphatic heterocycles. The van der Waals surface area contributed by atoms with E-state index in [1.165, 1.54) is 6.07 Å². The smallest absolute Gasteiger partial charge is 0.197 e. The summed E-state index contributed by atoms with van der Waals surface area (Å²) in [5.41, 5.74) is -2.36. The lowest BCUT2D eigenvalue weighted by atomic mass is 9.87. The quantitative estimate of drug-likeness (QED) is 0.168. The highest BCUT2D eigenvalue weighted by Crippen LogP contribution is 2.50. The van der Waals surface area contributed by atoms with Gasteiger partial charge in [-0.3, -0.25) is 4.79 Å². The zero-order valence-electron chi connectivity index (χ0n) is 19.9. The van der Waals surface area contributed by atoms with Crippen LogP contribution in [-0.2, 0) is 9.47 Å². The number of rotatable bonds is 3. The Balaban J connectivity index is 1.80. The molecule has 3 aromatic rings. The van der Waals surface area contributed by atoms with Gasteiger partial charge in [0.15, 0.2) is 22.5 Å². The number of benzene rings is 2. The first-order valence-corrected chi connectivity index (χ1v) is 11.8. The molecule has 3 heterocycles. The molecule has 10 N–H and O–H groups in total. The van der Waals surface area contributed by atoms with Gasteiger partial charge in [-0.2, -0.15) is 0 Å². The Bertz CT molecular complexity index is 1470. The number of hydrogen-bond acceptors (Lipinski definition) is 14. The van der Waals surface area contributed by atoms with Gasteiger partial charge in [-0.1, -0.05) is 0 Å². The first kappa shape index (κ1) is 27.1. The highest BCUT2D eigenvalue weighted by molar-refractivity contribution is 5.92. The molecule has 0 amide bonds. The molecule has 2 saturated heterocycles. The van der Waals surface area contributed by atoms with E-state index in [1.54, 1.807) is 0 Å². The third kappa shape index (κ3) is 4.36. The third-order valence-electron chi connectivity index (χ3n) is 7.03. The maximum atomic E-state index is 13.3. The molecule has 8 atom stereocenters. The Morgan fingerprint density at radius 1 is 0.667 bits per heavy atom. The van der Waals surface area contributed by atoms with Gasteiger partial charge < -0.3 is 65.0 Å². The van der Waals surface area contributed by atoms with E-state index in [-0.39, 0.29) is 11.3 Å². The molecule has 210 valence electrons. The molecule has 39 heavy (non-hydrogen) atoms. The van der Waals surface area contributed by atoms with Gasteiger partial charge in [0, 0.05) is 11.6 Å². The van der Waals surface area contributed by atoms with Gasteiger partial charge in [0.25, 0.3) is 0 Å². The van der Waals surface area contributed by atoms with E-state index < -0.39 is 113 Å². The number of phenolic OH excluding ortho intramolecular Hbond substituents is 4. The van der Waals surface area contributed by atoms with Crippen LogP contribution in [0.5, 0.6) is 23.0 Å². The monoisotopic (exact) mass is 550 g/mol. The molecule has 0 spiro atoms. The lowest BCUT2D eigenvalue weighted by Gasteiger charge is -2.38. The summed E-state index contributed by atoms with van der Waals surface area (Å²) in [7, 11) is 0. The summed E-state index contributed by atoms with van der Waals surface area (Å²) in [6.07, 6.45) is -13.6. The number of aliphatic hydroxyl groups is 6. The van der Waals surface area contributed by atoms with Crippen molar-refractivity contribution in [2.45, 2.75) is 48.8 Å². The molecule has 2 aliphatic rings. The summed E-state index contributed by atoms with van der Waals surface area (Å²) in [5.74, 6) is -2.99. The van der Waals surface area contributed by atoms with Crippen molar-refractivity contribution in [1.82, 2.24) is 0 Å². The SMILES string of the molecule is O=c1cc(-c2ccc(O)c(O)c2)oc2c([C@@H]3OC[C@@H](O)[C@H](O)[C@H]3O)c(O)c([C@@H]3OC[C@H](O)[C@H](O)[C@H]3O)c(O)c12. The predicted molar refractivity (Wildman–Crippen MR) is 128 cm³/mol. The van der Waals surface area contributed by atoms with Crippen LogP contribution in [0.25, 0.3) is 22.3 Å². The van der Waals surface area contributed by atoms with Crippen LogP contribution in [0.2, 0.25) is 0 Å². The standard InChI is InChI=1S/C25H26O14/c26-8-2-1-7(3-9(8)27)13-4-10(28)14-19(33)15(24-21(35)17(31)11(29)5-37-24)20(34)16(23(14)39-13)25-22(36)18(32)12(30)6-38-25/h1-4,11-12,17-18,21-22,24-27,29-36H,5-6H2/t11-,12+,17-,18-,21+,22+,24-,25-/m0/s1. The Morgan fingerprint density at radius 2 is 1.23 bits per heavy atom. The summed E-state index contributed by atoms with van der Waals surface area (Å²) in [5, 5.41) is 103. The highest BCUT2D eigenvalue weighted by Gasteiger charge is 2.46. The first-order valence-electron chi connectivity index (χ1n) is 11.8. The molecule has 14 heteroatoms. The molecule has 14 nitrogen and oxygen atoms in total. The zero-order chi connectivity index (χ0) is 28.3. The summed E-state index contributed by atoms with van der Waals surface area (Å²) in [6, 6.07) is 4.45.